The first-order valence-electron chi connectivity index (χ1n) is 5.99. The minimum Gasteiger partial charge on any atom is -0.356 e. The van der Waals surface area contributed by atoms with Crippen molar-refractivity contribution in [2.45, 2.75) is 46.6 Å². The van der Waals surface area contributed by atoms with Gasteiger partial charge in [0.25, 0.3) is 0 Å². The molecule has 0 atom stereocenters. The lowest BCUT2D eigenvalue weighted by Gasteiger charge is -2.11. The van der Waals surface area contributed by atoms with Crippen molar-refractivity contribution in [2.75, 3.05) is 11.9 Å². The van der Waals surface area contributed by atoms with Crippen molar-refractivity contribution < 1.29 is 0 Å². The number of imidazole rings is 1. The van der Waals surface area contributed by atoms with Gasteiger partial charge in [-0.1, -0.05) is 33.6 Å². The maximum Gasteiger partial charge on any atom is 0.202 e. The number of hydrogen-bond acceptors (Lipinski definition) is 2. The standard InChI is InChI=1S/C12H23N3/c1-4-5-6-7-13-12-14-8-9-15(12)10-11(2)3/h8-9,11H,4-7,10H2,1-3H3,(H,13,14). The second-order valence-corrected chi connectivity index (χ2v) is 4.43. The first kappa shape index (κ1) is 12.1. The number of unbranched alkanes of at least 4 members (excludes halogenated alkanes) is 2. The van der Waals surface area contributed by atoms with E-state index in [1.807, 2.05) is 12.4 Å². The van der Waals surface area contributed by atoms with Gasteiger partial charge in [0.15, 0.2) is 0 Å². The highest BCUT2D eigenvalue weighted by molar-refractivity contribution is 5.25. The minimum absolute atomic E-state index is 0.662. The van der Waals surface area contributed by atoms with E-state index in [4.69, 9.17) is 0 Å². The Morgan fingerprint density at radius 3 is 2.87 bits per heavy atom. The number of nitrogens with one attached hydrogen (secondary N) is 1. The summed E-state index contributed by atoms with van der Waals surface area (Å²) >= 11 is 0. The maximum atomic E-state index is 4.32. The highest BCUT2D eigenvalue weighted by Gasteiger charge is 2.02. The van der Waals surface area contributed by atoms with Gasteiger partial charge in [0.1, 0.15) is 0 Å². The Kier molecular flexibility index (Phi) is 5.22. The van der Waals surface area contributed by atoms with Crippen molar-refractivity contribution in [2.24, 2.45) is 5.92 Å². The van der Waals surface area contributed by atoms with E-state index in [0.717, 1.165) is 19.0 Å². The van der Waals surface area contributed by atoms with E-state index in [1.165, 1.54) is 19.3 Å². The van der Waals surface area contributed by atoms with Gasteiger partial charge in [0.05, 0.1) is 0 Å². The van der Waals surface area contributed by atoms with Crippen LogP contribution in [0.3, 0.4) is 0 Å². The Balaban J connectivity index is 2.36. The molecule has 0 unspecified atom stereocenters. The molecule has 1 rings (SSSR count). The molecular weight excluding hydrogens is 186 g/mol. The summed E-state index contributed by atoms with van der Waals surface area (Å²) in [6.45, 7) is 8.74. The molecule has 0 aliphatic heterocycles. The van der Waals surface area contributed by atoms with E-state index >= 15 is 0 Å². The van der Waals surface area contributed by atoms with E-state index < -0.39 is 0 Å². The van der Waals surface area contributed by atoms with E-state index in [1.54, 1.807) is 0 Å². The molecule has 0 radical (unpaired) electrons. The minimum atomic E-state index is 0.662. The predicted octanol–water partition coefficient (Wildman–Crippen LogP) is 3.14. The molecule has 0 amide bonds. The number of anilines is 1. The molecule has 1 heterocycles. The van der Waals surface area contributed by atoms with Crippen LogP contribution in [0.5, 0.6) is 0 Å². The van der Waals surface area contributed by atoms with Gasteiger partial charge in [-0.15, -0.1) is 0 Å². The average molecular weight is 209 g/mol. The SMILES string of the molecule is CCCCCNc1nccn1CC(C)C. The van der Waals surface area contributed by atoms with Crippen molar-refractivity contribution in [1.29, 1.82) is 0 Å². The monoisotopic (exact) mass is 209 g/mol. The zero-order valence-corrected chi connectivity index (χ0v) is 10.2. The molecule has 86 valence electrons. The Morgan fingerprint density at radius 1 is 1.40 bits per heavy atom. The maximum absolute atomic E-state index is 4.32. The van der Waals surface area contributed by atoms with Gasteiger partial charge >= 0.3 is 0 Å². The van der Waals surface area contributed by atoms with Crippen molar-refractivity contribution in [1.82, 2.24) is 9.55 Å². The molecule has 0 saturated carbocycles. The first-order valence-corrected chi connectivity index (χ1v) is 5.99. The molecule has 1 aromatic rings. The van der Waals surface area contributed by atoms with Gasteiger partial charge in [-0.05, 0) is 12.3 Å². The molecular formula is C12H23N3. The zero-order valence-electron chi connectivity index (χ0n) is 10.2. The lowest BCUT2D eigenvalue weighted by molar-refractivity contribution is 0.526. The molecule has 0 aliphatic rings. The normalized spacial score (nSPS) is 10.9. The molecule has 0 fully saturated rings. The molecule has 0 saturated heterocycles. The Morgan fingerprint density at radius 2 is 2.20 bits per heavy atom. The smallest absolute Gasteiger partial charge is 0.202 e. The van der Waals surface area contributed by atoms with Crippen molar-refractivity contribution >= 4 is 5.95 Å². The summed E-state index contributed by atoms with van der Waals surface area (Å²) in [5.74, 6) is 1.68. The second kappa shape index (κ2) is 6.49. The molecule has 15 heavy (non-hydrogen) atoms. The van der Waals surface area contributed by atoms with Gasteiger partial charge in [-0.3, -0.25) is 0 Å². The largest absolute Gasteiger partial charge is 0.356 e. The van der Waals surface area contributed by atoms with Crippen LogP contribution < -0.4 is 5.32 Å². The van der Waals surface area contributed by atoms with E-state index in [9.17, 15) is 0 Å². The Labute approximate surface area is 92.9 Å². The molecule has 3 nitrogen and oxygen atoms in total. The number of rotatable bonds is 7. The third kappa shape index (κ3) is 4.36. The zero-order chi connectivity index (χ0) is 11.1. The predicted molar refractivity (Wildman–Crippen MR) is 65.1 cm³/mol. The lowest BCUT2D eigenvalue weighted by Crippen LogP contribution is -2.11. The fourth-order valence-electron chi connectivity index (χ4n) is 1.59. The summed E-state index contributed by atoms with van der Waals surface area (Å²) in [7, 11) is 0. The third-order valence-electron chi connectivity index (χ3n) is 2.34. The van der Waals surface area contributed by atoms with Crippen LogP contribution in [0, 0.1) is 5.92 Å². The molecule has 3 heteroatoms. The van der Waals surface area contributed by atoms with Crippen LogP contribution >= 0.6 is 0 Å². The summed E-state index contributed by atoms with van der Waals surface area (Å²) in [6.07, 6.45) is 7.69. The van der Waals surface area contributed by atoms with Gasteiger partial charge < -0.3 is 9.88 Å². The highest BCUT2D eigenvalue weighted by Crippen LogP contribution is 2.08. The third-order valence-corrected chi connectivity index (χ3v) is 2.34. The van der Waals surface area contributed by atoms with Gasteiger partial charge in [-0.25, -0.2) is 4.98 Å². The van der Waals surface area contributed by atoms with Crippen LogP contribution in [-0.2, 0) is 6.54 Å². The number of nitrogens with zero attached hydrogens (tertiary/aromatic N) is 2. The number of aromatic nitrogens is 2. The summed E-state index contributed by atoms with van der Waals surface area (Å²) in [6, 6.07) is 0. The number of hydrogen-bond donors (Lipinski definition) is 1. The van der Waals surface area contributed by atoms with Crippen LogP contribution in [-0.4, -0.2) is 16.1 Å². The fourth-order valence-corrected chi connectivity index (χ4v) is 1.59. The van der Waals surface area contributed by atoms with Crippen molar-refractivity contribution in [3.05, 3.63) is 12.4 Å². The van der Waals surface area contributed by atoms with Crippen molar-refractivity contribution in [3.8, 4) is 0 Å². The van der Waals surface area contributed by atoms with Crippen LogP contribution in [0.1, 0.15) is 40.0 Å². The first-order chi connectivity index (χ1) is 7.24. The summed E-state index contributed by atoms with van der Waals surface area (Å²) < 4.78 is 2.19. The molecule has 1 aromatic heterocycles. The second-order valence-electron chi connectivity index (χ2n) is 4.43. The quantitative estimate of drug-likeness (QED) is 0.699. The van der Waals surface area contributed by atoms with Crippen LogP contribution in [0.4, 0.5) is 5.95 Å². The summed E-state index contributed by atoms with van der Waals surface area (Å²) in [5, 5.41) is 3.39. The van der Waals surface area contributed by atoms with Gasteiger partial charge in [0, 0.05) is 25.5 Å². The Hall–Kier alpha value is -0.990. The summed E-state index contributed by atoms with van der Waals surface area (Å²) in [5.41, 5.74) is 0. The van der Waals surface area contributed by atoms with Crippen LogP contribution in [0.15, 0.2) is 12.4 Å². The molecule has 0 spiro atoms. The van der Waals surface area contributed by atoms with E-state index in [2.05, 4.69) is 35.6 Å². The van der Waals surface area contributed by atoms with Crippen molar-refractivity contribution in [3.63, 3.8) is 0 Å². The van der Waals surface area contributed by atoms with E-state index in [0.29, 0.717) is 5.92 Å². The topological polar surface area (TPSA) is 29.9 Å². The molecule has 0 bridgehead atoms. The lowest BCUT2D eigenvalue weighted by atomic mass is 10.2. The molecule has 0 aliphatic carbocycles. The molecule has 0 aromatic carbocycles. The Bertz CT molecular complexity index is 266. The molecule has 1 N–H and O–H groups in total. The van der Waals surface area contributed by atoms with Crippen LogP contribution in [0.2, 0.25) is 0 Å². The average Bonchev–Trinajstić information content (AvgIpc) is 2.59. The van der Waals surface area contributed by atoms with Gasteiger partial charge in [0.2, 0.25) is 5.95 Å². The fraction of sp³-hybridized carbons (Fsp3) is 0.750. The van der Waals surface area contributed by atoms with Gasteiger partial charge in [-0.2, -0.15) is 0 Å². The van der Waals surface area contributed by atoms with Crippen LogP contribution in [0.25, 0.3) is 0 Å². The summed E-state index contributed by atoms with van der Waals surface area (Å²) in [4.78, 5) is 4.32. The highest BCUT2D eigenvalue weighted by atomic mass is 15.2. The van der Waals surface area contributed by atoms with E-state index in [-0.39, 0.29) is 0 Å².